The maximum absolute atomic E-state index is 3.43. The molecule has 0 radical (unpaired) electrons. The van der Waals surface area contributed by atoms with Gasteiger partial charge in [-0.2, -0.15) is 0 Å². The molecule has 9 heavy (non-hydrogen) atoms. The van der Waals surface area contributed by atoms with Crippen molar-refractivity contribution in [3.8, 4) is 0 Å². The fourth-order valence-electron chi connectivity index (χ4n) is 0.702. The average molecular weight is 191 g/mol. The first kappa shape index (κ1) is 9.22. The molecule has 0 heterocycles. The lowest BCUT2D eigenvalue weighted by molar-refractivity contribution is 0.891. The first-order valence-corrected chi connectivity index (χ1v) is 4.55. The minimum Gasteiger partial charge on any atom is -0.0880 e. The molecule has 0 amide bonds. The van der Waals surface area contributed by atoms with Crippen molar-refractivity contribution in [3.05, 3.63) is 11.1 Å². The molecule has 54 valence electrons. The van der Waals surface area contributed by atoms with Crippen LogP contribution in [0.3, 0.4) is 0 Å². The van der Waals surface area contributed by atoms with Crippen LogP contribution in [-0.2, 0) is 0 Å². The molecular weight excluding hydrogens is 176 g/mol. The second-order valence-corrected chi connectivity index (χ2v) is 3.01. The number of halogens is 1. The van der Waals surface area contributed by atoms with Crippen LogP contribution in [0.4, 0.5) is 0 Å². The van der Waals surface area contributed by atoms with Gasteiger partial charge in [-0.25, -0.2) is 0 Å². The van der Waals surface area contributed by atoms with Crippen LogP contribution in [0.25, 0.3) is 0 Å². The Balaban J connectivity index is 3.78. The predicted octanol–water partition coefficient (Wildman–Crippen LogP) is 3.52. The van der Waals surface area contributed by atoms with Crippen molar-refractivity contribution in [1.82, 2.24) is 0 Å². The van der Waals surface area contributed by atoms with Gasteiger partial charge in [0.25, 0.3) is 0 Å². The summed E-state index contributed by atoms with van der Waals surface area (Å²) in [5.74, 6) is 0. The van der Waals surface area contributed by atoms with Gasteiger partial charge in [0.1, 0.15) is 0 Å². The summed E-state index contributed by atoms with van der Waals surface area (Å²) in [4.78, 5) is 0. The largest absolute Gasteiger partial charge is 0.0880 e. The molecule has 0 aliphatic rings. The minimum atomic E-state index is 1.03. The van der Waals surface area contributed by atoms with Gasteiger partial charge in [-0.05, 0) is 20.3 Å². The van der Waals surface area contributed by atoms with Gasteiger partial charge in [-0.1, -0.05) is 40.4 Å². The van der Waals surface area contributed by atoms with E-state index < -0.39 is 0 Å². The summed E-state index contributed by atoms with van der Waals surface area (Å²) >= 11 is 3.43. The Kier molecular flexibility index (Phi) is 5.16. The Morgan fingerprint density at radius 3 is 2.11 bits per heavy atom. The van der Waals surface area contributed by atoms with Gasteiger partial charge in [-0.3, -0.25) is 0 Å². The number of allylic oxidation sites excluding steroid dienone is 2. The van der Waals surface area contributed by atoms with Gasteiger partial charge in [0.2, 0.25) is 0 Å². The third kappa shape index (κ3) is 3.74. The number of hydrogen-bond donors (Lipinski definition) is 0. The third-order valence-corrected chi connectivity index (χ3v) is 2.40. The summed E-state index contributed by atoms with van der Waals surface area (Å²) in [6.07, 6.45) is 2.51. The molecule has 1 heteroatoms. The van der Waals surface area contributed by atoms with E-state index in [4.69, 9.17) is 0 Å². The fraction of sp³-hybridized carbons (Fsp3) is 0.750. The summed E-state index contributed by atoms with van der Waals surface area (Å²) in [7, 11) is 0. The zero-order valence-electron chi connectivity index (χ0n) is 6.50. The van der Waals surface area contributed by atoms with E-state index in [0.29, 0.717) is 0 Å². The van der Waals surface area contributed by atoms with Crippen LogP contribution >= 0.6 is 15.9 Å². The molecule has 0 aliphatic heterocycles. The third-order valence-electron chi connectivity index (χ3n) is 1.55. The molecular formula is C8H15Br. The second kappa shape index (κ2) is 5.04. The topological polar surface area (TPSA) is 0 Å². The van der Waals surface area contributed by atoms with Crippen LogP contribution in [0.15, 0.2) is 11.1 Å². The lowest BCUT2D eigenvalue weighted by Gasteiger charge is -2.01. The minimum absolute atomic E-state index is 1.03. The summed E-state index contributed by atoms with van der Waals surface area (Å²) < 4.78 is 0. The van der Waals surface area contributed by atoms with E-state index in [1.807, 2.05) is 0 Å². The predicted molar refractivity (Wildman–Crippen MR) is 47.1 cm³/mol. The first-order chi connectivity index (χ1) is 4.22. The molecule has 0 rings (SSSR count). The summed E-state index contributed by atoms with van der Waals surface area (Å²) in [6, 6.07) is 0. The highest BCUT2D eigenvalue weighted by Crippen LogP contribution is 2.11. The summed E-state index contributed by atoms with van der Waals surface area (Å²) in [6.45, 7) is 6.60. The van der Waals surface area contributed by atoms with E-state index in [9.17, 15) is 0 Å². The quantitative estimate of drug-likeness (QED) is 0.473. The number of alkyl halides is 1. The molecule has 0 spiro atoms. The van der Waals surface area contributed by atoms with Crippen molar-refractivity contribution < 1.29 is 0 Å². The van der Waals surface area contributed by atoms with E-state index in [0.717, 1.165) is 5.33 Å². The molecule has 0 saturated carbocycles. The molecule has 0 fully saturated rings. The molecule has 0 saturated heterocycles. The molecule has 0 aromatic heterocycles. The SMILES string of the molecule is CCCC(C)=C(C)CBr. The van der Waals surface area contributed by atoms with Gasteiger partial charge >= 0.3 is 0 Å². The molecule has 0 aromatic rings. The Hall–Kier alpha value is 0.220. The van der Waals surface area contributed by atoms with E-state index in [1.165, 1.54) is 24.0 Å². The van der Waals surface area contributed by atoms with E-state index in [2.05, 4.69) is 36.7 Å². The molecule has 0 aliphatic carbocycles. The second-order valence-electron chi connectivity index (χ2n) is 2.44. The first-order valence-electron chi connectivity index (χ1n) is 3.43. The van der Waals surface area contributed by atoms with Gasteiger partial charge in [0.15, 0.2) is 0 Å². The Morgan fingerprint density at radius 1 is 1.22 bits per heavy atom. The van der Waals surface area contributed by atoms with Gasteiger partial charge < -0.3 is 0 Å². The average Bonchev–Trinajstić information content (AvgIpc) is 1.87. The van der Waals surface area contributed by atoms with Crippen molar-refractivity contribution in [2.45, 2.75) is 33.6 Å². The molecule has 0 bridgehead atoms. The van der Waals surface area contributed by atoms with Gasteiger partial charge in [0.05, 0.1) is 0 Å². The summed E-state index contributed by atoms with van der Waals surface area (Å²) in [5.41, 5.74) is 3.02. The maximum atomic E-state index is 3.43. The summed E-state index contributed by atoms with van der Waals surface area (Å²) in [5, 5.41) is 1.03. The maximum Gasteiger partial charge on any atom is 0.0241 e. The van der Waals surface area contributed by atoms with E-state index in [1.54, 1.807) is 0 Å². The molecule has 0 aromatic carbocycles. The Labute approximate surface area is 66.5 Å². The van der Waals surface area contributed by atoms with Gasteiger partial charge in [0, 0.05) is 5.33 Å². The van der Waals surface area contributed by atoms with Crippen molar-refractivity contribution in [1.29, 1.82) is 0 Å². The Morgan fingerprint density at radius 2 is 1.78 bits per heavy atom. The van der Waals surface area contributed by atoms with Crippen molar-refractivity contribution >= 4 is 15.9 Å². The van der Waals surface area contributed by atoms with E-state index in [-0.39, 0.29) is 0 Å². The van der Waals surface area contributed by atoms with Crippen LogP contribution in [0.2, 0.25) is 0 Å². The van der Waals surface area contributed by atoms with Crippen LogP contribution in [-0.4, -0.2) is 5.33 Å². The highest BCUT2D eigenvalue weighted by atomic mass is 79.9. The zero-order valence-corrected chi connectivity index (χ0v) is 8.09. The monoisotopic (exact) mass is 190 g/mol. The van der Waals surface area contributed by atoms with Gasteiger partial charge in [-0.15, -0.1) is 0 Å². The lowest BCUT2D eigenvalue weighted by Crippen LogP contribution is -1.84. The molecule has 0 unspecified atom stereocenters. The van der Waals surface area contributed by atoms with Crippen LogP contribution < -0.4 is 0 Å². The normalized spacial score (nSPS) is 13.3. The molecule has 0 atom stereocenters. The smallest absolute Gasteiger partial charge is 0.0241 e. The number of hydrogen-bond acceptors (Lipinski definition) is 0. The highest BCUT2D eigenvalue weighted by molar-refractivity contribution is 9.09. The van der Waals surface area contributed by atoms with Crippen LogP contribution in [0, 0.1) is 0 Å². The number of rotatable bonds is 3. The zero-order chi connectivity index (χ0) is 7.28. The standard InChI is InChI=1S/C8H15Br/c1-4-5-7(2)8(3)6-9/h4-6H2,1-3H3. The van der Waals surface area contributed by atoms with E-state index >= 15 is 0 Å². The highest BCUT2D eigenvalue weighted by Gasteiger charge is 1.91. The van der Waals surface area contributed by atoms with Crippen LogP contribution in [0.1, 0.15) is 33.6 Å². The molecule has 0 nitrogen and oxygen atoms in total. The van der Waals surface area contributed by atoms with Crippen molar-refractivity contribution in [2.24, 2.45) is 0 Å². The van der Waals surface area contributed by atoms with Crippen molar-refractivity contribution in [3.63, 3.8) is 0 Å². The Bertz CT molecular complexity index is 103. The molecule has 0 N–H and O–H groups in total. The van der Waals surface area contributed by atoms with Crippen LogP contribution in [0.5, 0.6) is 0 Å². The fourth-order valence-corrected chi connectivity index (χ4v) is 1.18. The van der Waals surface area contributed by atoms with Crippen molar-refractivity contribution in [2.75, 3.05) is 5.33 Å². The lowest BCUT2D eigenvalue weighted by atomic mass is 10.1.